The SMILES string of the molecule is COC(=O)c1c(I)c(-c2ccnc3c2ccn3S(=O)(=O)c2ccccc2)n(COCC[SH](C)(C)(C)I)c1-c1ccc(C)cc1F. The topological polar surface area (TPSA) is 92.4 Å². The number of aromatic nitrogens is 3. The first-order valence-electron chi connectivity index (χ1n) is 13.9. The summed E-state index contributed by atoms with van der Waals surface area (Å²) >= 11 is 4.60. The molecule has 0 bridgehead atoms. The van der Waals surface area contributed by atoms with Crippen LogP contribution < -0.4 is 0 Å². The van der Waals surface area contributed by atoms with Gasteiger partial charge < -0.3 is 14.0 Å². The number of halogens is 3. The Morgan fingerprint density at radius 1 is 1.02 bits per heavy atom. The molecule has 45 heavy (non-hydrogen) atoms. The van der Waals surface area contributed by atoms with Gasteiger partial charge in [0.15, 0.2) is 5.65 Å². The molecule has 0 aliphatic rings. The van der Waals surface area contributed by atoms with Crippen LogP contribution in [0.5, 0.6) is 0 Å². The molecule has 8 nitrogen and oxygen atoms in total. The normalized spacial score (nSPS) is 13.1. The number of aryl methyl sites for hydroxylation is 1. The third kappa shape index (κ3) is 6.96. The van der Waals surface area contributed by atoms with E-state index in [0.29, 0.717) is 32.5 Å². The van der Waals surface area contributed by atoms with Crippen LogP contribution in [0.3, 0.4) is 0 Å². The van der Waals surface area contributed by atoms with Crippen LogP contribution in [0.4, 0.5) is 4.39 Å². The van der Waals surface area contributed by atoms with Crippen molar-refractivity contribution in [2.45, 2.75) is 18.6 Å². The average Bonchev–Trinajstić information content (AvgIpc) is 3.54. The molecule has 13 heteroatoms. The van der Waals surface area contributed by atoms with Gasteiger partial charge >= 0.3 is 5.97 Å². The quantitative estimate of drug-likeness (QED) is 0.0676. The Morgan fingerprint density at radius 3 is 2.38 bits per heavy atom. The van der Waals surface area contributed by atoms with Crippen LogP contribution in [0.25, 0.3) is 33.5 Å². The summed E-state index contributed by atoms with van der Waals surface area (Å²) in [5.74, 6) is -0.260. The molecular weight excluding hydrogens is 843 g/mol. The van der Waals surface area contributed by atoms with E-state index in [0.717, 1.165) is 15.3 Å². The van der Waals surface area contributed by atoms with E-state index < -0.39 is 28.1 Å². The number of hydrogen-bond donors (Lipinski definition) is 1. The standard InChI is InChI=1S/C32H34FI2N3O5S2/c1-21-11-12-25(26(33)19-21)29-27(32(39)42-2)28(34)30(37(29)20-43-17-18-45(3,4,5)35)23-13-15-36-31-24(23)14-16-38(31)44(40,41)22-9-7-6-8-10-22/h6-16,19,45H,17-18,20H2,1-5H3. The van der Waals surface area contributed by atoms with Gasteiger partial charge in [-0.2, -0.15) is 0 Å². The molecular formula is C32H34FI2N3O5S2. The van der Waals surface area contributed by atoms with E-state index in [1.54, 1.807) is 54.0 Å². The van der Waals surface area contributed by atoms with E-state index in [1.807, 2.05) is 0 Å². The maximum absolute atomic E-state index is 15.7. The number of esters is 1. The molecule has 0 aliphatic carbocycles. The lowest BCUT2D eigenvalue weighted by atomic mass is 10.0. The first-order chi connectivity index (χ1) is 21.1. The Balaban J connectivity index is 1.77. The predicted molar refractivity (Wildman–Crippen MR) is 198 cm³/mol. The zero-order chi connectivity index (χ0) is 32.8. The molecule has 5 aromatic rings. The molecule has 0 atom stereocenters. The summed E-state index contributed by atoms with van der Waals surface area (Å²) < 4.78 is 57.8. The minimum Gasteiger partial charge on any atom is -0.465 e. The van der Waals surface area contributed by atoms with Crippen molar-refractivity contribution in [1.82, 2.24) is 13.5 Å². The highest BCUT2D eigenvalue weighted by Gasteiger charge is 2.32. The first-order valence-corrected chi connectivity index (χ1v) is 23.0. The molecule has 0 fully saturated rings. The Bertz CT molecular complexity index is 2030. The van der Waals surface area contributed by atoms with Gasteiger partial charge in [-0.05, 0) is 117 Å². The molecule has 2 aromatic carbocycles. The van der Waals surface area contributed by atoms with Crippen molar-refractivity contribution in [3.8, 4) is 22.5 Å². The average molecular weight is 878 g/mol. The monoisotopic (exact) mass is 877 g/mol. The molecule has 3 aromatic heterocycles. The van der Waals surface area contributed by atoms with Crippen molar-refractivity contribution in [3.63, 3.8) is 0 Å². The predicted octanol–water partition coefficient (Wildman–Crippen LogP) is 7.53. The Hall–Kier alpha value is -2.47. The van der Waals surface area contributed by atoms with E-state index in [-0.39, 0.29) is 28.4 Å². The third-order valence-electron chi connectivity index (χ3n) is 7.29. The van der Waals surface area contributed by atoms with Gasteiger partial charge in [0.1, 0.15) is 12.5 Å². The second-order valence-electron chi connectivity index (χ2n) is 12.0. The van der Waals surface area contributed by atoms with Crippen LogP contribution in [-0.4, -0.2) is 66.1 Å². The summed E-state index contributed by atoms with van der Waals surface area (Å²) in [6.07, 6.45) is 7.84. The number of rotatable bonds is 10. The second kappa shape index (κ2) is 12.6. The molecule has 5 rings (SSSR count). The number of hydrogen-bond acceptors (Lipinski definition) is 6. The molecule has 0 aliphatic heterocycles. The van der Waals surface area contributed by atoms with Crippen LogP contribution in [0, 0.1) is 16.3 Å². The molecule has 0 saturated carbocycles. The van der Waals surface area contributed by atoms with Crippen molar-refractivity contribution in [1.29, 1.82) is 0 Å². The van der Waals surface area contributed by atoms with Crippen molar-refractivity contribution < 1.29 is 27.1 Å². The van der Waals surface area contributed by atoms with Gasteiger partial charge in [0.25, 0.3) is 10.0 Å². The van der Waals surface area contributed by atoms with Gasteiger partial charge in [0.05, 0.1) is 39.1 Å². The Kier molecular flexibility index (Phi) is 9.50. The molecule has 3 heterocycles. The van der Waals surface area contributed by atoms with Crippen molar-refractivity contribution in [3.05, 3.63) is 93.6 Å². The van der Waals surface area contributed by atoms with Gasteiger partial charge in [-0.1, -0.05) is 24.3 Å². The number of carbonyl (C=O) groups is 1. The van der Waals surface area contributed by atoms with Gasteiger partial charge in [-0.15, -0.1) is 0 Å². The smallest absolute Gasteiger partial charge is 0.341 e. The molecule has 0 unspecified atom stereocenters. The summed E-state index contributed by atoms with van der Waals surface area (Å²) in [5, 5.41) is 0.536. The summed E-state index contributed by atoms with van der Waals surface area (Å²) in [5.41, 5.74) is 2.84. The highest BCUT2D eigenvalue weighted by atomic mass is 127. The van der Waals surface area contributed by atoms with E-state index in [1.165, 1.54) is 37.7 Å². The van der Waals surface area contributed by atoms with Gasteiger partial charge in [-0.25, -0.2) is 32.9 Å². The number of carbonyl (C=O) groups excluding carboxylic acids is 1. The minimum atomic E-state index is -3.95. The minimum absolute atomic E-state index is 0.0148. The number of methoxy groups -OCH3 is 1. The Labute approximate surface area is 288 Å². The van der Waals surface area contributed by atoms with Crippen molar-refractivity contribution in [2.75, 3.05) is 38.2 Å². The number of benzene rings is 2. The fourth-order valence-electron chi connectivity index (χ4n) is 5.01. The fraction of sp³-hybridized carbons (Fsp3) is 0.250. The number of nitrogens with zero attached hydrogens (tertiary/aromatic N) is 3. The van der Waals surface area contributed by atoms with Crippen LogP contribution in [0.1, 0.15) is 15.9 Å². The number of thiol groups is 1. The highest BCUT2D eigenvalue weighted by Crippen LogP contribution is 2.67. The number of pyridine rings is 1. The fourth-order valence-corrected chi connectivity index (χ4v) is 8.73. The summed E-state index contributed by atoms with van der Waals surface area (Å²) in [7, 11) is -2.67. The molecule has 240 valence electrons. The maximum atomic E-state index is 15.7. The molecule has 0 amide bonds. The van der Waals surface area contributed by atoms with Crippen LogP contribution in [-0.2, 0) is 26.2 Å². The van der Waals surface area contributed by atoms with Crippen LogP contribution >= 0.6 is 50.1 Å². The third-order valence-corrected chi connectivity index (χ3v) is 13.2. The van der Waals surface area contributed by atoms with Crippen molar-refractivity contribution >= 4 is 77.2 Å². The number of fused-ring (bicyclic) bond motifs is 1. The first kappa shape index (κ1) is 33.9. The van der Waals surface area contributed by atoms with Gasteiger partial charge in [0, 0.05) is 28.9 Å². The lowest BCUT2D eigenvalue weighted by Crippen LogP contribution is -2.16. The van der Waals surface area contributed by atoms with Gasteiger partial charge in [0.2, 0.25) is 0 Å². The molecule has 0 N–H and O–H groups in total. The van der Waals surface area contributed by atoms with E-state index in [2.05, 4.69) is 67.5 Å². The second-order valence-corrected chi connectivity index (χ2v) is 31.9. The highest BCUT2D eigenvalue weighted by molar-refractivity contribution is 14.2. The molecule has 0 radical (unpaired) electrons. The van der Waals surface area contributed by atoms with Crippen LogP contribution in [0.15, 0.2) is 78.0 Å². The largest absolute Gasteiger partial charge is 0.465 e. The molecule has 0 spiro atoms. The summed E-state index contributed by atoms with van der Waals surface area (Å²) in [6.45, 7) is 2.27. The molecule has 0 saturated heterocycles. The maximum Gasteiger partial charge on any atom is 0.341 e. The summed E-state index contributed by atoms with van der Waals surface area (Å²) in [6, 6.07) is 16.4. The van der Waals surface area contributed by atoms with E-state index in [9.17, 15) is 13.2 Å². The van der Waals surface area contributed by atoms with E-state index >= 15 is 4.39 Å². The van der Waals surface area contributed by atoms with Gasteiger partial charge in [-0.3, -0.25) is 0 Å². The van der Waals surface area contributed by atoms with E-state index in [4.69, 9.17) is 9.47 Å². The lowest BCUT2D eigenvalue weighted by molar-refractivity contribution is 0.0599. The summed E-state index contributed by atoms with van der Waals surface area (Å²) in [4.78, 5) is 17.9. The lowest BCUT2D eigenvalue weighted by Gasteiger charge is -2.44. The van der Waals surface area contributed by atoms with Crippen molar-refractivity contribution in [2.24, 2.45) is 0 Å². The zero-order valence-electron chi connectivity index (χ0n) is 25.4. The zero-order valence-corrected chi connectivity index (χ0v) is 31.4. The Morgan fingerprint density at radius 2 is 1.73 bits per heavy atom. The number of ether oxygens (including phenoxy) is 2. The van der Waals surface area contributed by atoms with Crippen LogP contribution in [0.2, 0.25) is 0 Å².